The highest BCUT2D eigenvalue weighted by molar-refractivity contribution is 7.14. The molecule has 2 rings (SSSR count). The van der Waals surface area contributed by atoms with E-state index in [9.17, 15) is 15.0 Å². The fourth-order valence-electron chi connectivity index (χ4n) is 3.31. The Morgan fingerprint density at radius 3 is 2.38 bits per heavy atom. The number of hydrogen-bond acceptors (Lipinski definition) is 4. The maximum absolute atomic E-state index is 11.3. The second-order valence-corrected chi connectivity index (χ2v) is 10.0. The lowest BCUT2D eigenvalue weighted by Crippen LogP contribution is -2.32. The van der Waals surface area contributed by atoms with Gasteiger partial charge >= 0.3 is 5.97 Å². The van der Waals surface area contributed by atoms with Gasteiger partial charge in [0.25, 0.3) is 0 Å². The zero-order valence-corrected chi connectivity index (χ0v) is 19.2. The summed E-state index contributed by atoms with van der Waals surface area (Å²) in [6, 6.07) is 8.29. The van der Waals surface area contributed by atoms with E-state index in [2.05, 4.69) is 19.1 Å². The number of aromatic carboxylic acids is 1. The Morgan fingerprint density at radius 1 is 1.17 bits per heavy atom. The summed E-state index contributed by atoms with van der Waals surface area (Å²) in [6.45, 7) is 12.4. The SMILES string of the molecule is CCC(CCc1cc(C)c(C(=O)O)s1)c1ccc(OCC(O)C(C)(C)C)c(C)c1. The predicted octanol–water partition coefficient (Wildman–Crippen LogP) is 5.98. The van der Waals surface area contributed by atoms with Crippen LogP contribution in [-0.4, -0.2) is 28.9 Å². The first-order valence-corrected chi connectivity index (χ1v) is 11.1. The molecular weight excluding hydrogens is 384 g/mol. The summed E-state index contributed by atoms with van der Waals surface area (Å²) < 4.78 is 5.86. The zero-order valence-electron chi connectivity index (χ0n) is 18.4. The molecule has 1 aromatic carbocycles. The highest BCUT2D eigenvalue weighted by Crippen LogP contribution is 2.31. The van der Waals surface area contributed by atoms with Gasteiger partial charge in [0.1, 0.15) is 17.2 Å². The van der Waals surface area contributed by atoms with Crippen molar-refractivity contribution in [3.05, 3.63) is 50.7 Å². The Morgan fingerprint density at radius 2 is 1.86 bits per heavy atom. The molecular formula is C24H34O4S. The molecule has 160 valence electrons. The van der Waals surface area contributed by atoms with Gasteiger partial charge in [-0.25, -0.2) is 4.79 Å². The molecule has 0 bridgehead atoms. The third-order valence-electron chi connectivity index (χ3n) is 5.46. The van der Waals surface area contributed by atoms with Crippen molar-refractivity contribution in [2.24, 2.45) is 5.41 Å². The summed E-state index contributed by atoms with van der Waals surface area (Å²) in [5.74, 6) is 0.388. The van der Waals surface area contributed by atoms with Crippen LogP contribution in [-0.2, 0) is 6.42 Å². The van der Waals surface area contributed by atoms with Crippen molar-refractivity contribution in [2.45, 2.75) is 72.8 Å². The van der Waals surface area contributed by atoms with E-state index in [0.29, 0.717) is 10.8 Å². The predicted molar refractivity (Wildman–Crippen MR) is 120 cm³/mol. The first-order valence-electron chi connectivity index (χ1n) is 10.3. The van der Waals surface area contributed by atoms with Gasteiger partial charge in [0, 0.05) is 4.88 Å². The number of benzene rings is 1. The van der Waals surface area contributed by atoms with Gasteiger partial charge in [0.2, 0.25) is 0 Å². The molecule has 5 heteroatoms. The van der Waals surface area contributed by atoms with Gasteiger partial charge < -0.3 is 14.9 Å². The average molecular weight is 419 g/mol. The summed E-state index contributed by atoms with van der Waals surface area (Å²) in [5, 5.41) is 19.4. The molecule has 0 amide bonds. The lowest BCUT2D eigenvalue weighted by molar-refractivity contribution is 0.0216. The van der Waals surface area contributed by atoms with Crippen LogP contribution in [0.4, 0.5) is 0 Å². The molecule has 0 aliphatic heterocycles. The summed E-state index contributed by atoms with van der Waals surface area (Å²) in [7, 11) is 0. The van der Waals surface area contributed by atoms with E-state index in [1.54, 1.807) is 0 Å². The number of ether oxygens (including phenoxy) is 1. The molecule has 2 unspecified atom stereocenters. The molecule has 2 N–H and O–H groups in total. The van der Waals surface area contributed by atoms with Crippen molar-refractivity contribution < 1.29 is 19.7 Å². The number of aliphatic hydroxyl groups is 1. The molecule has 0 fully saturated rings. The van der Waals surface area contributed by atoms with Crippen LogP contribution in [0.5, 0.6) is 5.75 Å². The van der Waals surface area contributed by atoms with E-state index in [4.69, 9.17) is 4.74 Å². The Kier molecular flexibility index (Phi) is 7.89. The Labute approximate surface area is 178 Å². The Balaban J connectivity index is 2.03. The van der Waals surface area contributed by atoms with Crippen LogP contribution in [0.2, 0.25) is 0 Å². The second kappa shape index (κ2) is 9.77. The quantitative estimate of drug-likeness (QED) is 0.526. The maximum Gasteiger partial charge on any atom is 0.346 e. The minimum atomic E-state index is -0.839. The topological polar surface area (TPSA) is 66.8 Å². The molecule has 2 aromatic rings. The van der Waals surface area contributed by atoms with Crippen molar-refractivity contribution in [3.63, 3.8) is 0 Å². The number of carbonyl (C=O) groups is 1. The first kappa shape index (κ1) is 23.4. The minimum absolute atomic E-state index is 0.207. The third kappa shape index (κ3) is 6.31. The normalized spacial score (nSPS) is 13.9. The zero-order chi connectivity index (χ0) is 21.8. The maximum atomic E-state index is 11.3. The van der Waals surface area contributed by atoms with Crippen LogP contribution in [0.25, 0.3) is 0 Å². The molecule has 4 nitrogen and oxygen atoms in total. The summed E-state index contributed by atoms with van der Waals surface area (Å²) >= 11 is 1.39. The van der Waals surface area contributed by atoms with Gasteiger partial charge in [0.15, 0.2) is 0 Å². The lowest BCUT2D eigenvalue weighted by atomic mass is 9.89. The number of thiophene rings is 1. The molecule has 29 heavy (non-hydrogen) atoms. The van der Waals surface area contributed by atoms with Crippen LogP contribution in [0.3, 0.4) is 0 Å². The van der Waals surface area contributed by atoms with Crippen molar-refractivity contribution in [1.82, 2.24) is 0 Å². The summed E-state index contributed by atoms with van der Waals surface area (Å²) in [5.41, 5.74) is 2.99. The Hall–Kier alpha value is -1.85. The molecule has 1 heterocycles. The molecule has 0 radical (unpaired) electrons. The molecule has 1 aromatic heterocycles. The van der Waals surface area contributed by atoms with Crippen LogP contribution < -0.4 is 4.74 Å². The molecule has 0 aliphatic carbocycles. The van der Waals surface area contributed by atoms with Crippen molar-refractivity contribution >= 4 is 17.3 Å². The Bertz CT molecular complexity index is 832. The van der Waals surface area contributed by atoms with E-state index in [-0.39, 0.29) is 12.0 Å². The van der Waals surface area contributed by atoms with Crippen molar-refractivity contribution in [2.75, 3.05) is 6.61 Å². The number of carboxylic acid groups (broad SMARTS) is 1. The minimum Gasteiger partial charge on any atom is -0.491 e. The molecule has 0 saturated carbocycles. The fraction of sp³-hybridized carbons (Fsp3) is 0.542. The average Bonchev–Trinajstić information content (AvgIpc) is 3.01. The molecule has 0 saturated heterocycles. The number of hydrogen-bond donors (Lipinski definition) is 2. The fourth-order valence-corrected chi connectivity index (χ4v) is 4.34. The number of aliphatic hydroxyl groups excluding tert-OH is 1. The standard InChI is InChI=1S/C24H34O4S/c1-7-17(8-10-19-13-16(3)22(29-19)23(26)27)18-9-11-20(15(2)12-18)28-14-21(25)24(4,5)6/h9,11-13,17,21,25H,7-8,10,14H2,1-6H3,(H,26,27). The summed E-state index contributed by atoms with van der Waals surface area (Å²) in [4.78, 5) is 12.8. The van der Waals surface area contributed by atoms with Crippen LogP contribution in [0, 0.1) is 19.3 Å². The van der Waals surface area contributed by atoms with Gasteiger partial charge in [-0.3, -0.25) is 0 Å². The lowest BCUT2D eigenvalue weighted by Gasteiger charge is -2.26. The smallest absolute Gasteiger partial charge is 0.346 e. The molecule has 0 spiro atoms. The van der Waals surface area contributed by atoms with Gasteiger partial charge in [0.05, 0.1) is 6.10 Å². The van der Waals surface area contributed by atoms with Gasteiger partial charge in [-0.1, -0.05) is 39.8 Å². The highest BCUT2D eigenvalue weighted by Gasteiger charge is 2.23. The first-order chi connectivity index (χ1) is 13.5. The van der Waals surface area contributed by atoms with E-state index in [1.807, 2.05) is 46.8 Å². The number of carboxylic acids is 1. The van der Waals surface area contributed by atoms with Crippen molar-refractivity contribution in [1.29, 1.82) is 0 Å². The number of aryl methyl sites for hydroxylation is 3. The van der Waals surface area contributed by atoms with Gasteiger partial charge in [-0.05, 0) is 73.3 Å². The van der Waals surface area contributed by atoms with Crippen LogP contribution in [0.15, 0.2) is 24.3 Å². The largest absolute Gasteiger partial charge is 0.491 e. The highest BCUT2D eigenvalue weighted by atomic mass is 32.1. The second-order valence-electron chi connectivity index (χ2n) is 8.89. The van der Waals surface area contributed by atoms with Gasteiger partial charge in [-0.15, -0.1) is 11.3 Å². The van der Waals surface area contributed by atoms with E-state index in [0.717, 1.165) is 41.0 Å². The molecule has 2 atom stereocenters. The van der Waals surface area contributed by atoms with Crippen LogP contribution in [0.1, 0.15) is 77.7 Å². The summed E-state index contributed by atoms with van der Waals surface area (Å²) in [6.07, 6.45) is 2.37. The molecule has 0 aliphatic rings. The van der Waals surface area contributed by atoms with Crippen molar-refractivity contribution in [3.8, 4) is 5.75 Å². The third-order valence-corrected chi connectivity index (χ3v) is 6.75. The van der Waals surface area contributed by atoms with Gasteiger partial charge in [-0.2, -0.15) is 0 Å². The number of rotatable bonds is 9. The van der Waals surface area contributed by atoms with E-state index < -0.39 is 12.1 Å². The monoisotopic (exact) mass is 418 g/mol. The van der Waals surface area contributed by atoms with E-state index >= 15 is 0 Å². The van der Waals surface area contributed by atoms with E-state index in [1.165, 1.54) is 16.9 Å². The van der Waals surface area contributed by atoms with Crippen LogP contribution >= 0.6 is 11.3 Å².